The highest BCUT2D eigenvalue weighted by Crippen LogP contribution is 2.14. The average Bonchev–Trinajstić information content (AvgIpc) is 2.96. The van der Waals surface area contributed by atoms with Crippen LogP contribution in [0, 0.1) is 6.92 Å². The molecule has 2 aromatic heterocycles. The average molecular weight is 323 g/mol. The van der Waals surface area contributed by atoms with Gasteiger partial charge in [0.25, 0.3) is 5.56 Å². The number of rotatable bonds is 6. The van der Waals surface area contributed by atoms with Gasteiger partial charge in [0.15, 0.2) is 0 Å². The van der Waals surface area contributed by atoms with Crippen LogP contribution in [0.1, 0.15) is 23.9 Å². The van der Waals surface area contributed by atoms with Gasteiger partial charge in [0, 0.05) is 24.4 Å². The number of H-pyrrole nitrogens is 1. The lowest BCUT2D eigenvalue weighted by Crippen LogP contribution is -2.17. The first-order valence-corrected chi connectivity index (χ1v) is 8.11. The Labute approximate surface area is 140 Å². The van der Waals surface area contributed by atoms with Crippen LogP contribution in [0.15, 0.2) is 47.3 Å². The summed E-state index contributed by atoms with van der Waals surface area (Å²) in [5.41, 5.74) is 2.71. The van der Waals surface area contributed by atoms with Crippen molar-refractivity contribution < 1.29 is 0 Å². The molecule has 0 bridgehead atoms. The predicted molar refractivity (Wildman–Crippen MR) is 94.7 cm³/mol. The molecule has 24 heavy (non-hydrogen) atoms. The van der Waals surface area contributed by atoms with Crippen LogP contribution in [0.25, 0.3) is 5.95 Å². The van der Waals surface area contributed by atoms with Gasteiger partial charge in [-0.15, -0.1) is 0 Å². The summed E-state index contributed by atoms with van der Waals surface area (Å²) in [5, 5.41) is 7.82. The summed E-state index contributed by atoms with van der Waals surface area (Å²) in [7, 11) is 0. The highest BCUT2D eigenvalue weighted by molar-refractivity contribution is 5.42. The first-order valence-electron chi connectivity index (χ1n) is 8.11. The second-order valence-electron chi connectivity index (χ2n) is 5.66. The Morgan fingerprint density at radius 1 is 1.21 bits per heavy atom. The predicted octanol–water partition coefficient (Wildman–Crippen LogP) is 2.48. The van der Waals surface area contributed by atoms with Gasteiger partial charge in [0.2, 0.25) is 5.95 Å². The van der Waals surface area contributed by atoms with Crippen molar-refractivity contribution in [1.29, 1.82) is 0 Å². The highest BCUT2D eigenvalue weighted by atomic mass is 16.1. The number of hydrogen-bond donors (Lipinski definition) is 2. The maximum atomic E-state index is 11.8. The van der Waals surface area contributed by atoms with Crippen LogP contribution in [0.4, 0.5) is 5.82 Å². The Morgan fingerprint density at radius 3 is 2.75 bits per heavy atom. The highest BCUT2D eigenvalue weighted by Gasteiger charge is 2.10. The fraction of sp³-hybridized carbons (Fsp3) is 0.278. The van der Waals surface area contributed by atoms with Crippen LogP contribution < -0.4 is 10.9 Å². The molecule has 0 aliphatic rings. The van der Waals surface area contributed by atoms with Crippen LogP contribution in [0.5, 0.6) is 0 Å². The molecule has 0 saturated carbocycles. The molecule has 1 aromatic carbocycles. The summed E-state index contributed by atoms with van der Waals surface area (Å²) in [6.07, 6.45) is 1.61. The van der Waals surface area contributed by atoms with Gasteiger partial charge in [-0.3, -0.25) is 9.78 Å². The molecule has 6 heteroatoms. The van der Waals surface area contributed by atoms with Crippen LogP contribution in [-0.4, -0.2) is 26.3 Å². The van der Waals surface area contributed by atoms with Crippen molar-refractivity contribution in [3.63, 3.8) is 0 Å². The summed E-state index contributed by atoms with van der Waals surface area (Å²) in [6, 6.07) is 13.8. The number of hydrogen-bond acceptors (Lipinski definition) is 4. The molecule has 0 aliphatic heterocycles. The SMILES string of the molecule is CCc1cc(=O)[nH]c(-n2nc(C)cc2NCCc2ccccc2)n1. The third-order valence-electron chi connectivity index (χ3n) is 3.74. The number of aryl methyl sites for hydroxylation is 2. The fourth-order valence-electron chi connectivity index (χ4n) is 2.54. The van der Waals surface area contributed by atoms with Crippen molar-refractivity contribution in [2.24, 2.45) is 0 Å². The first kappa shape index (κ1) is 16.0. The quantitative estimate of drug-likeness (QED) is 0.731. The lowest BCUT2D eigenvalue weighted by molar-refractivity contribution is 0.776. The monoisotopic (exact) mass is 323 g/mol. The minimum Gasteiger partial charge on any atom is -0.370 e. The number of anilines is 1. The van der Waals surface area contributed by atoms with Crippen molar-refractivity contribution in [3.8, 4) is 5.95 Å². The smallest absolute Gasteiger partial charge is 0.252 e. The molecule has 0 unspecified atom stereocenters. The van der Waals surface area contributed by atoms with Gasteiger partial charge in [0.1, 0.15) is 5.82 Å². The maximum absolute atomic E-state index is 11.8. The van der Waals surface area contributed by atoms with E-state index in [1.54, 1.807) is 4.68 Å². The second kappa shape index (κ2) is 7.12. The maximum Gasteiger partial charge on any atom is 0.252 e. The molecule has 124 valence electrons. The summed E-state index contributed by atoms with van der Waals surface area (Å²) in [5.74, 6) is 1.26. The third-order valence-corrected chi connectivity index (χ3v) is 3.74. The van der Waals surface area contributed by atoms with Crippen LogP contribution in [-0.2, 0) is 12.8 Å². The van der Waals surface area contributed by atoms with Gasteiger partial charge in [-0.1, -0.05) is 37.3 Å². The molecular weight excluding hydrogens is 302 g/mol. The Bertz CT molecular complexity index is 867. The lowest BCUT2D eigenvalue weighted by Gasteiger charge is -2.09. The zero-order chi connectivity index (χ0) is 16.9. The Hall–Kier alpha value is -2.89. The topological polar surface area (TPSA) is 75.6 Å². The van der Waals surface area contributed by atoms with Crippen LogP contribution >= 0.6 is 0 Å². The molecule has 0 spiro atoms. The van der Waals surface area contributed by atoms with E-state index in [1.165, 1.54) is 11.6 Å². The van der Waals surface area contributed by atoms with E-state index in [4.69, 9.17) is 0 Å². The van der Waals surface area contributed by atoms with E-state index in [9.17, 15) is 4.79 Å². The zero-order valence-electron chi connectivity index (χ0n) is 13.9. The largest absolute Gasteiger partial charge is 0.370 e. The molecule has 2 heterocycles. The van der Waals surface area contributed by atoms with Gasteiger partial charge >= 0.3 is 0 Å². The Kier molecular flexibility index (Phi) is 4.74. The molecule has 3 rings (SSSR count). The first-order chi connectivity index (χ1) is 11.7. The van der Waals surface area contributed by atoms with E-state index in [0.29, 0.717) is 12.4 Å². The minimum absolute atomic E-state index is 0.166. The van der Waals surface area contributed by atoms with Crippen molar-refractivity contribution in [2.75, 3.05) is 11.9 Å². The number of aromatic nitrogens is 4. The van der Waals surface area contributed by atoms with E-state index in [0.717, 1.165) is 30.2 Å². The molecule has 6 nitrogen and oxygen atoms in total. The van der Waals surface area contributed by atoms with Gasteiger partial charge < -0.3 is 5.32 Å². The summed E-state index contributed by atoms with van der Waals surface area (Å²) in [4.78, 5) is 19.0. The van der Waals surface area contributed by atoms with E-state index in [1.807, 2.05) is 38.1 Å². The van der Waals surface area contributed by atoms with E-state index < -0.39 is 0 Å². The molecule has 2 N–H and O–H groups in total. The second-order valence-corrected chi connectivity index (χ2v) is 5.66. The van der Waals surface area contributed by atoms with Crippen LogP contribution in [0.2, 0.25) is 0 Å². The Balaban J connectivity index is 1.80. The standard InChI is InChI=1S/C18H21N5O/c1-3-15-12-17(24)21-18(20-15)23-16(11-13(2)22-23)19-10-9-14-7-5-4-6-8-14/h4-8,11-12,19H,3,9-10H2,1-2H3,(H,20,21,24). The van der Waals surface area contributed by atoms with Crippen molar-refractivity contribution in [3.05, 3.63) is 69.8 Å². The molecule has 0 aliphatic carbocycles. The molecule has 0 amide bonds. The van der Waals surface area contributed by atoms with Gasteiger partial charge in [-0.2, -0.15) is 9.78 Å². The molecule has 0 radical (unpaired) electrons. The van der Waals surface area contributed by atoms with E-state index in [2.05, 4.69) is 32.5 Å². The third kappa shape index (κ3) is 3.71. The molecule has 0 saturated heterocycles. The van der Waals surface area contributed by atoms with Gasteiger partial charge in [-0.05, 0) is 25.3 Å². The summed E-state index contributed by atoms with van der Waals surface area (Å²) >= 11 is 0. The van der Waals surface area contributed by atoms with Crippen molar-refractivity contribution >= 4 is 5.82 Å². The lowest BCUT2D eigenvalue weighted by atomic mass is 10.1. The number of nitrogens with zero attached hydrogens (tertiary/aromatic N) is 3. The number of aromatic amines is 1. The van der Waals surface area contributed by atoms with Crippen LogP contribution in [0.3, 0.4) is 0 Å². The fourth-order valence-corrected chi connectivity index (χ4v) is 2.54. The van der Waals surface area contributed by atoms with E-state index in [-0.39, 0.29) is 5.56 Å². The molecule has 3 aromatic rings. The minimum atomic E-state index is -0.166. The Morgan fingerprint density at radius 2 is 2.00 bits per heavy atom. The van der Waals surface area contributed by atoms with Gasteiger partial charge in [-0.25, -0.2) is 4.98 Å². The molecule has 0 atom stereocenters. The molecule has 0 fully saturated rings. The summed E-state index contributed by atoms with van der Waals surface area (Å²) in [6.45, 7) is 4.66. The van der Waals surface area contributed by atoms with Gasteiger partial charge in [0.05, 0.1) is 5.69 Å². The molecular formula is C18H21N5O. The van der Waals surface area contributed by atoms with E-state index >= 15 is 0 Å². The summed E-state index contributed by atoms with van der Waals surface area (Å²) < 4.78 is 1.65. The van der Waals surface area contributed by atoms with Crippen molar-refractivity contribution in [2.45, 2.75) is 26.7 Å². The zero-order valence-corrected chi connectivity index (χ0v) is 13.9. The normalized spacial score (nSPS) is 10.8. The number of benzene rings is 1. The van der Waals surface area contributed by atoms with Crippen molar-refractivity contribution in [1.82, 2.24) is 19.7 Å². The number of nitrogens with one attached hydrogen (secondary N) is 2.